The molecule has 0 unspecified atom stereocenters. The first-order valence-electron chi connectivity index (χ1n) is 5.01. The van der Waals surface area contributed by atoms with Crippen molar-refractivity contribution in [1.29, 1.82) is 0 Å². The van der Waals surface area contributed by atoms with E-state index in [9.17, 15) is 18.0 Å². The van der Waals surface area contributed by atoms with Crippen molar-refractivity contribution < 1.29 is 18.0 Å². The molecule has 1 N–H and O–H groups in total. The second-order valence-electron chi connectivity index (χ2n) is 3.45. The van der Waals surface area contributed by atoms with E-state index in [2.05, 4.69) is 5.32 Å². The zero-order valence-electron chi connectivity index (χ0n) is 9.07. The topological polar surface area (TPSA) is 29.1 Å². The second kappa shape index (κ2) is 5.70. The highest BCUT2D eigenvalue weighted by Crippen LogP contribution is 2.33. The van der Waals surface area contributed by atoms with Gasteiger partial charge in [0.1, 0.15) is 0 Å². The monoisotopic (exact) mass is 357 g/mol. The van der Waals surface area contributed by atoms with E-state index in [1.165, 1.54) is 12.1 Å². The molecule has 0 aromatic heterocycles. The molecule has 0 saturated carbocycles. The molecule has 0 atom stereocenters. The Kier molecular flexibility index (Phi) is 4.79. The van der Waals surface area contributed by atoms with Gasteiger partial charge in [-0.15, -0.1) is 0 Å². The zero-order valence-corrected chi connectivity index (χ0v) is 11.2. The number of hydrogen-bond acceptors (Lipinski definition) is 1. The molecule has 1 aromatic rings. The van der Waals surface area contributed by atoms with Gasteiger partial charge < -0.3 is 5.32 Å². The van der Waals surface area contributed by atoms with Gasteiger partial charge in [0, 0.05) is 15.7 Å². The average Bonchev–Trinajstić information content (AvgIpc) is 2.23. The van der Waals surface area contributed by atoms with E-state index in [0.717, 1.165) is 12.5 Å². The SMILES string of the molecule is CCCNC(=O)c1ccc(C(F)(F)F)c(I)c1. The minimum absolute atomic E-state index is 0.0271. The van der Waals surface area contributed by atoms with Crippen LogP contribution in [0.4, 0.5) is 13.2 Å². The van der Waals surface area contributed by atoms with Crippen molar-refractivity contribution in [2.45, 2.75) is 19.5 Å². The maximum Gasteiger partial charge on any atom is 0.417 e. The third-order valence-electron chi connectivity index (χ3n) is 2.07. The smallest absolute Gasteiger partial charge is 0.352 e. The Hall–Kier alpha value is -0.790. The number of carbonyl (C=O) groups is 1. The fraction of sp³-hybridized carbons (Fsp3) is 0.364. The Bertz CT molecular complexity index is 418. The molecule has 0 heterocycles. The summed E-state index contributed by atoms with van der Waals surface area (Å²) in [5.74, 6) is -0.349. The number of benzene rings is 1. The van der Waals surface area contributed by atoms with Gasteiger partial charge in [-0.3, -0.25) is 4.79 Å². The lowest BCUT2D eigenvalue weighted by atomic mass is 10.1. The van der Waals surface area contributed by atoms with Crippen LogP contribution in [0.3, 0.4) is 0 Å². The summed E-state index contributed by atoms with van der Waals surface area (Å²) >= 11 is 1.58. The van der Waals surface area contributed by atoms with Crippen molar-refractivity contribution in [1.82, 2.24) is 5.32 Å². The number of nitrogens with one attached hydrogen (secondary N) is 1. The maximum absolute atomic E-state index is 12.5. The molecule has 6 heteroatoms. The van der Waals surface area contributed by atoms with Crippen LogP contribution >= 0.6 is 22.6 Å². The number of amides is 1. The molecule has 94 valence electrons. The van der Waals surface area contributed by atoms with Crippen molar-refractivity contribution in [2.24, 2.45) is 0 Å². The molecule has 0 aliphatic carbocycles. The van der Waals surface area contributed by atoms with Gasteiger partial charge in [-0.05, 0) is 47.2 Å². The Morgan fingerprint density at radius 3 is 2.53 bits per heavy atom. The summed E-state index contributed by atoms with van der Waals surface area (Å²) in [6.45, 7) is 2.41. The summed E-state index contributed by atoms with van der Waals surface area (Å²) in [4.78, 5) is 11.5. The van der Waals surface area contributed by atoms with Crippen LogP contribution in [-0.4, -0.2) is 12.5 Å². The highest BCUT2D eigenvalue weighted by molar-refractivity contribution is 14.1. The van der Waals surface area contributed by atoms with Crippen molar-refractivity contribution in [3.05, 3.63) is 32.9 Å². The van der Waals surface area contributed by atoms with E-state index in [-0.39, 0.29) is 15.0 Å². The number of carbonyl (C=O) groups excluding carboxylic acids is 1. The first-order chi connectivity index (χ1) is 7.86. The minimum atomic E-state index is -4.38. The molecule has 1 rings (SSSR count). The molecule has 0 saturated heterocycles. The molecular weight excluding hydrogens is 346 g/mol. The largest absolute Gasteiger partial charge is 0.417 e. The molecule has 17 heavy (non-hydrogen) atoms. The second-order valence-corrected chi connectivity index (χ2v) is 4.61. The first kappa shape index (κ1) is 14.3. The van der Waals surface area contributed by atoms with Gasteiger partial charge in [0.15, 0.2) is 0 Å². The standard InChI is InChI=1S/C11H11F3INO/c1-2-5-16-10(17)7-3-4-8(9(15)6-7)11(12,13)14/h3-4,6H,2,5H2,1H3,(H,16,17). The molecule has 0 aliphatic heterocycles. The van der Waals surface area contributed by atoms with Gasteiger partial charge in [-0.2, -0.15) is 13.2 Å². The number of halogens is 4. The van der Waals surface area contributed by atoms with Gasteiger partial charge >= 0.3 is 6.18 Å². The van der Waals surface area contributed by atoms with Crippen LogP contribution in [-0.2, 0) is 6.18 Å². The normalized spacial score (nSPS) is 11.4. The third-order valence-corrected chi connectivity index (χ3v) is 2.96. The summed E-state index contributed by atoms with van der Waals surface area (Å²) < 4.78 is 37.5. The number of alkyl halides is 3. The van der Waals surface area contributed by atoms with E-state index in [4.69, 9.17) is 0 Å². The lowest BCUT2D eigenvalue weighted by Crippen LogP contribution is -2.24. The molecule has 0 aliphatic rings. The van der Waals surface area contributed by atoms with E-state index in [1.54, 1.807) is 22.6 Å². The highest BCUT2D eigenvalue weighted by Gasteiger charge is 2.33. The lowest BCUT2D eigenvalue weighted by molar-refractivity contribution is -0.138. The van der Waals surface area contributed by atoms with E-state index < -0.39 is 11.7 Å². The van der Waals surface area contributed by atoms with Crippen molar-refractivity contribution in [3.63, 3.8) is 0 Å². The van der Waals surface area contributed by atoms with Crippen LogP contribution in [0.1, 0.15) is 29.3 Å². The summed E-state index contributed by atoms with van der Waals surface area (Å²) in [6, 6.07) is 3.37. The molecule has 1 aromatic carbocycles. The predicted molar refractivity (Wildman–Crippen MR) is 66.8 cm³/mol. The van der Waals surface area contributed by atoms with E-state index in [0.29, 0.717) is 6.54 Å². The molecule has 0 bridgehead atoms. The van der Waals surface area contributed by atoms with E-state index >= 15 is 0 Å². The third kappa shape index (κ3) is 3.86. The predicted octanol–water partition coefficient (Wildman–Crippen LogP) is 3.45. The molecule has 2 nitrogen and oxygen atoms in total. The van der Waals surface area contributed by atoms with Crippen molar-refractivity contribution in [2.75, 3.05) is 6.54 Å². The molecule has 1 amide bonds. The van der Waals surface area contributed by atoms with Crippen LogP contribution in [0.2, 0.25) is 0 Å². The summed E-state index contributed by atoms with van der Waals surface area (Å²) in [5.41, 5.74) is -0.471. The Balaban J connectivity index is 2.93. The maximum atomic E-state index is 12.5. The van der Waals surface area contributed by atoms with Crippen LogP contribution in [0.5, 0.6) is 0 Å². The Morgan fingerprint density at radius 2 is 2.06 bits per heavy atom. The number of rotatable bonds is 3. The summed E-state index contributed by atoms with van der Waals surface area (Å²) in [6.07, 6.45) is -3.60. The quantitative estimate of drug-likeness (QED) is 0.825. The van der Waals surface area contributed by atoms with Gasteiger partial charge in [-0.1, -0.05) is 6.92 Å². The van der Waals surface area contributed by atoms with Gasteiger partial charge in [-0.25, -0.2) is 0 Å². The van der Waals surface area contributed by atoms with E-state index in [1.807, 2.05) is 6.92 Å². The van der Waals surface area contributed by atoms with Crippen LogP contribution in [0, 0.1) is 3.57 Å². The Morgan fingerprint density at radius 1 is 1.41 bits per heavy atom. The first-order valence-corrected chi connectivity index (χ1v) is 6.09. The Labute approximate surface area is 111 Å². The number of hydrogen-bond donors (Lipinski definition) is 1. The average molecular weight is 357 g/mol. The van der Waals surface area contributed by atoms with Gasteiger partial charge in [0.2, 0.25) is 0 Å². The van der Waals surface area contributed by atoms with Gasteiger partial charge in [0.25, 0.3) is 5.91 Å². The fourth-order valence-corrected chi connectivity index (χ4v) is 2.05. The van der Waals surface area contributed by atoms with Crippen molar-refractivity contribution in [3.8, 4) is 0 Å². The summed E-state index contributed by atoms with van der Waals surface area (Å²) in [7, 11) is 0. The van der Waals surface area contributed by atoms with Crippen LogP contribution in [0.15, 0.2) is 18.2 Å². The molecule has 0 spiro atoms. The summed E-state index contributed by atoms with van der Waals surface area (Å²) in [5, 5.41) is 2.61. The molecule has 0 radical (unpaired) electrons. The van der Waals surface area contributed by atoms with Crippen LogP contribution in [0.25, 0.3) is 0 Å². The lowest BCUT2D eigenvalue weighted by Gasteiger charge is -2.10. The molecule has 0 fully saturated rings. The van der Waals surface area contributed by atoms with Gasteiger partial charge in [0.05, 0.1) is 5.56 Å². The zero-order chi connectivity index (χ0) is 13.1. The highest BCUT2D eigenvalue weighted by atomic mass is 127. The fourth-order valence-electron chi connectivity index (χ4n) is 1.23. The van der Waals surface area contributed by atoms with Crippen LogP contribution < -0.4 is 5.32 Å². The minimum Gasteiger partial charge on any atom is -0.352 e. The molecular formula is C11H11F3INO. The van der Waals surface area contributed by atoms with Crippen molar-refractivity contribution >= 4 is 28.5 Å².